The topological polar surface area (TPSA) is 55.1 Å². The lowest BCUT2D eigenvalue weighted by atomic mass is 9.94. The number of amides is 1. The third-order valence-corrected chi connectivity index (χ3v) is 3.85. The van der Waals surface area contributed by atoms with Crippen LogP contribution in [0, 0.1) is 11.8 Å². The predicted molar refractivity (Wildman–Crippen MR) is 67.0 cm³/mol. The van der Waals surface area contributed by atoms with Crippen LogP contribution < -0.4 is 11.1 Å². The minimum absolute atomic E-state index is 0.00782. The summed E-state index contributed by atoms with van der Waals surface area (Å²) >= 11 is 0. The molecule has 1 aliphatic rings. The fourth-order valence-corrected chi connectivity index (χ4v) is 2.58. The molecule has 3 nitrogen and oxygen atoms in total. The summed E-state index contributed by atoms with van der Waals surface area (Å²) in [5.41, 5.74) is 5.28. The van der Waals surface area contributed by atoms with E-state index in [9.17, 15) is 4.79 Å². The van der Waals surface area contributed by atoms with Crippen molar-refractivity contribution in [2.24, 2.45) is 17.6 Å². The van der Waals surface area contributed by atoms with E-state index in [2.05, 4.69) is 19.2 Å². The number of hydrogen-bond donors (Lipinski definition) is 2. The van der Waals surface area contributed by atoms with E-state index >= 15 is 0 Å². The van der Waals surface area contributed by atoms with E-state index in [1.54, 1.807) is 0 Å². The summed E-state index contributed by atoms with van der Waals surface area (Å²) in [6.07, 6.45) is 5.54. The zero-order valence-electron chi connectivity index (χ0n) is 10.9. The van der Waals surface area contributed by atoms with Crippen molar-refractivity contribution in [3.63, 3.8) is 0 Å². The van der Waals surface area contributed by atoms with Gasteiger partial charge < -0.3 is 11.1 Å². The average Bonchev–Trinajstić information content (AvgIpc) is 2.60. The van der Waals surface area contributed by atoms with Crippen LogP contribution in [0.4, 0.5) is 0 Å². The average molecular weight is 226 g/mol. The molecule has 3 unspecified atom stereocenters. The molecule has 1 rings (SSSR count). The Morgan fingerprint density at radius 2 is 2.19 bits per heavy atom. The molecule has 0 saturated heterocycles. The molecule has 0 radical (unpaired) electrons. The first-order valence-electron chi connectivity index (χ1n) is 6.54. The summed E-state index contributed by atoms with van der Waals surface area (Å²) in [7, 11) is 0. The van der Waals surface area contributed by atoms with E-state index in [1.807, 2.05) is 6.92 Å². The fraction of sp³-hybridized carbons (Fsp3) is 0.923. The number of carbonyl (C=O) groups is 1. The summed E-state index contributed by atoms with van der Waals surface area (Å²) in [6.45, 7) is 6.95. The van der Waals surface area contributed by atoms with Crippen LogP contribution in [0.5, 0.6) is 0 Å². The number of hydrogen-bond acceptors (Lipinski definition) is 2. The molecule has 1 aliphatic carbocycles. The monoisotopic (exact) mass is 226 g/mol. The lowest BCUT2D eigenvalue weighted by Gasteiger charge is -2.24. The van der Waals surface area contributed by atoms with Gasteiger partial charge in [0, 0.05) is 6.54 Å². The molecule has 94 valence electrons. The molecule has 0 spiro atoms. The quantitative estimate of drug-likeness (QED) is 0.754. The zero-order chi connectivity index (χ0) is 12.2. The van der Waals surface area contributed by atoms with Gasteiger partial charge in [0.2, 0.25) is 5.91 Å². The van der Waals surface area contributed by atoms with Gasteiger partial charge in [-0.25, -0.2) is 0 Å². The number of nitrogens with two attached hydrogens (primary N) is 1. The molecule has 1 saturated carbocycles. The summed E-state index contributed by atoms with van der Waals surface area (Å²) in [6, 6.07) is 0. The number of rotatable bonds is 5. The van der Waals surface area contributed by atoms with Gasteiger partial charge in [0.1, 0.15) is 0 Å². The molecule has 0 heterocycles. The van der Waals surface area contributed by atoms with E-state index in [4.69, 9.17) is 5.73 Å². The van der Waals surface area contributed by atoms with Crippen LogP contribution >= 0.6 is 0 Å². The van der Waals surface area contributed by atoms with Gasteiger partial charge in [0.15, 0.2) is 0 Å². The highest BCUT2D eigenvalue weighted by Gasteiger charge is 2.29. The Morgan fingerprint density at radius 3 is 2.69 bits per heavy atom. The zero-order valence-corrected chi connectivity index (χ0v) is 10.9. The van der Waals surface area contributed by atoms with Crippen molar-refractivity contribution in [1.82, 2.24) is 5.32 Å². The predicted octanol–water partition coefficient (Wildman–Crippen LogP) is 2.06. The molecule has 1 fully saturated rings. The highest BCUT2D eigenvalue weighted by Crippen LogP contribution is 2.30. The summed E-state index contributed by atoms with van der Waals surface area (Å²) in [5.74, 6) is 1.41. The van der Waals surface area contributed by atoms with Crippen LogP contribution in [0.15, 0.2) is 0 Å². The molecule has 0 aromatic carbocycles. The van der Waals surface area contributed by atoms with Crippen LogP contribution in [0.25, 0.3) is 0 Å². The highest BCUT2D eigenvalue weighted by molar-refractivity contribution is 5.85. The lowest BCUT2D eigenvalue weighted by molar-refractivity contribution is -0.126. The highest BCUT2D eigenvalue weighted by atomic mass is 16.2. The SMILES string of the molecule is CCCC(C)(N)C(=O)NCC1CCCC1C. The van der Waals surface area contributed by atoms with Crippen molar-refractivity contribution in [2.45, 2.75) is 58.4 Å². The first-order chi connectivity index (χ1) is 7.47. The van der Waals surface area contributed by atoms with Crippen LogP contribution in [-0.4, -0.2) is 18.0 Å². The van der Waals surface area contributed by atoms with Crippen LogP contribution in [-0.2, 0) is 4.79 Å². The van der Waals surface area contributed by atoms with E-state index < -0.39 is 5.54 Å². The lowest BCUT2D eigenvalue weighted by Crippen LogP contribution is -2.52. The second kappa shape index (κ2) is 5.67. The Labute approximate surface area is 99.2 Å². The van der Waals surface area contributed by atoms with Gasteiger partial charge in [0.25, 0.3) is 0 Å². The first kappa shape index (κ1) is 13.5. The fourth-order valence-electron chi connectivity index (χ4n) is 2.58. The van der Waals surface area contributed by atoms with Crippen molar-refractivity contribution >= 4 is 5.91 Å². The van der Waals surface area contributed by atoms with E-state index in [0.29, 0.717) is 5.92 Å². The van der Waals surface area contributed by atoms with Crippen molar-refractivity contribution in [3.05, 3.63) is 0 Å². The normalized spacial score (nSPS) is 28.8. The molecule has 3 heteroatoms. The third kappa shape index (κ3) is 3.48. The molecule has 0 aromatic rings. The van der Waals surface area contributed by atoms with Gasteiger partial charge in [-0.05, 0) is 31.6 Å². The standard InChI is InChI=1S/C13H26N2O/c1-4-8-13(3,14)12(16)15-9-11-7-5-6-10(11)2/h10-11H,4-9,14H2,1-3H3,(H,15,16). The summed E-state index contributed by atoms with van der Waals surface area (Å²) < 4.78 is 0. The maximum absolute atomic E-state index is 11.9. The third-order valence-electron chi connectivity index (χ3n) is 3.85. The first-order valence-corrected chi connectivity index (χ1v) is 6.54. The minimum atomic E-state index is -0.698. The second-order valence-corrected chi connectivity index (χ2v) is 5.55. The Morgan fingerprint density at radius 1 is 1.50 bits per heavy atom. The van der Waals surface area contributed by atoms with Crippen molar-refractivity contribution in [2.75, 3.05) is 6.54 Å². The smallest absolute Gasteiger partial charge is 0.239 e. The molecule has 0 aliphatic heterocycles. The Hall–Kier alpha value is -0.570. The number of nitrogens with one attached hydrogen (secondary N) is 1. The number of carbonyl (C=O) groups excluding carboxylic acids is 1. The van der Waals surface area contributed by atoms with Gasteiger partial charge in [-0.3, -0.25) is 4.79 Å². The molecule has 16 heavy (non-hydrogen) atoms. The van der Waals surface area contributed by atoms with Gasteiger partial charge in [-0.2, -0.15) is 0 Å². The van der Waals surface area contributed by atoms with Crippen molar-refractivity contribution in [3.8, 4) is 0 Å². The molecule has 3 atom stereocenters. The second-order valence-electron chi connectivity index (χ2n) is 5.55. The van der Waals surface area contributed by atoms with E-state index in [0.717, 1.165) is 25.3 Å². The van der Waals surface area contributed by atoms with Crippen LogP contribution in [0.2, 0.25) is 0 Å². The molecule has 0 bridgehead atoms. The maximum atomic E-state index is 11.9. The van der Waals surface area contributed by atoms with E-state index in [1.165, 1.54) is 19.3 Å². The summed E-state index contributed by atoms with van der Waals surface area (Å²) in [5, 5.41) is 3.02. The minimum Gasteiger partial charge on any atom is -0.354 e. The van der Waals surface area contributed by atoms with E-state index in [-0.39, 0.29) is 5.91 Å². The Balaban J connectivity index is 2.34. The molecule has 0 aromatic heterocycles. The van der Waals surface area contributed by atoms with Gasteiger partial charge in [-0.15, -0.1) is 0 Å². The Bertz CT molecular complexity index is 238. The van der Waals surface area contributed by atoms with Crippen molar-refractivity contribution < 1.29 is 4.79 Å². The van der Waals surface area contributed by atoms with Gasteiger partial charge in [-0.1, -0.05) is 33.1 Å². The molecule has 3 N–H and O–H groups in total. The van der Waals surface area contributed by atoms with Crippen LogP contribution in [0.1, 0.15) is 52.9 Å². The van der Waals surface area contributed by atoms with Crippen molar-refractivity contribution in [1.29, 1.82) is 0 Å². The maximum Gasteiger partial charge on any atom is 0.239 e. The van der Waals surface area contributed by atoms with Gasteiger partial charge in [0.05, 0.1) is 5.54 Å². The van der Waals surface area contributed by atoms with Crippen LogP contribution in [0.3, 0.4) is 0 Å². The molecular formula is C13H26N2O. The molecule has 1 amide bonds. The molecular weight excluding hydrogens is 200 g/mol. The van der Waals surface area contributed by atoms with Gasteiger partial charge >= 0.3 is 0 Å². The Kier molecular flexibility index (Phi) is 4.78. The largest absolute Gasteiger partial charge is 0.354 e. The summed E-state index contributed by atoms with van der Waals surface area (Å²) in [4.78, 5) is 11.9.